The van der Waals surface area contributed by atoms with E-state index in [1.807, 2.05) is 0 Å². The van der Waals surface area contributed by atoms with Gasteiger partial charge in [0.25, 0.3) is 0 Å². The fourth-order valence-corrected chi connectivity index (χ4v) is 8.28. The van der Waals surface area contributed by atoms with Crippen molar-refractivity contribution in [1.82, 2.24) is 0 Å². The van der Waals surface area contributed by atoms with Crippen LogP contribution in [0.2, 0.25) is 0 Å². The lowest BCUT2D eigenvalue weighted by atomic mass is 9.46. The Balaban J connectivity index is 1.55. The SMILES string of the molecule is CC12CCC3C(CC(O)C45CC4CCC35C)C1CCC2O. The third-order valence-corrected chi connectivity index (χ3v) is 9.52. The number of fused-ring (bicyclic) bond motifs is 4. The molecule has 0 aromatic rings. The summed E-state index contributed by atoms with van der Waals surface area (Å²) >= 11 is 0. The second kappa shape index (κ2) is 3.70. The summed E-state index contributed by atoms with van der Waals surface area (Å²) in [7, 11) is 0. The van der Waals surface area contributed by atoms with Gasteiger partial charge in [-0.15, -0.1) is 0 Å². The standard InChI is InChI=1S/C19H30O2/c1-17-7-6-14-12(13(17)3-4-15(17)20)9-16(21)19-10-11(19)5-8-18(14,19)2/h11-16,20-21H,3-10H2,1-2H3. The van der Waals surface area contributed by atoms with E-state index in [1.165, 1.54) is 38.5 Å². The minimum atomic E-state index is -0.0958. The molecule has 0 radical (unpaired) electrons. The van der Waals surface area contributed by atoms with E-state index in [9.17, 15) is 10.2 Å². The molecule has 118 valence electrons. The van der Waals surface area contributed by atoms with Crippen LogP contribution in [0.25, 0.3) is 0 Å². The van der Waals surface area contributed by atoms with Crippen LogP contribution in [0.4, 0.5) is 0 Å². The molecule has 5 saturated carbocycles. The molecule has 5 aliphatic carbocycles. The Morgan fingerprint density at radius 2 is 1.67 bits per heavy atom. The minimum absolute atomic E-state index is 0.0589. The largest absolute Gasteiger partial charge is 0.393 e. The van der Waals surface area contributed by atoms with Gasteiger partial charge in [0.1, 0.15) is 0 Å². The number of aliphatic hydroxyl groups excluding tert-OH is 2. The summed E-state index contributed by atoms with van der Waals surface area (Å²) in [5.41, 5.74) is 0.845. The molecule has 5 aliphatic rings. The second-order valence-corrected chi connectivity index (χ2v) is 9.66. The summed E-state index contributed by atoms with van der Waals surface area (Å²) in [5, 5.41) is 21.5. The van der Waals surface area contributed by atoms with Gasteiger partial charge >= 0.3 is 0 Å². The average molecular weight is 290 g/mol. The molecule has 9 unspecified atom stereocenters. The van der Waals surface area contributed by atoms with Crippen LogP contribution in [-0.4, -0.2) is 22.4 Å². The van der Waals surface area contributed by atoms with E-state index in [2.05, 4.69) is 13.8 Å². The average Bonchev–Trinajstić information content (AvgIpc) is 3.01. The fraction of sp³-hybridized carbons (Fsp3) is 1.00. The van der Waals surface area contributed by atoms with Crippen molar-refractivity contribution < 1.29 is 10.2 Å². The molecule has 2 nitrogen and oxygen atoms in total. The van der Waals surface area contributed by atoms with Gasteiger partial charge in [-0.2, -0.15) is 0 Å². The monoisotopic (exact) mass is 290 g/mol. The number of rotatable bonds is 0. The Bertz CT molecular complexity index is 490. The molecule has 0 heterocycles. The first-order valence-corrected chi connectivity index (χ1v) is 9.29. The van der Waals surface area contributed by atoms with Gasteiger partial charge in [-0.25, -0.2) is 0 Å². The Morgan fingerprint density at radius 3 is 2.43 bits per heavy atom. The Labute approximate surface area is 128 Å². The molecule has 0 aliphatic heterocycles. The molecular weight excluding hydrogens is 260 g/mol. The molecule has 2 N–H and O–H groups in total. The molecule has 0 amide bonds. The molecule has 0 bridgehead atoms. The topological polar surface area (TPSA) is 40.5 Å². The van der Waals surface area contributed by atoms with Crippen LogP contribution in [-0.2, 0) is 0 Å². The predicted molar refractivity (Wildman–Crippen MR) is 81.6 cm³/mol. The maximum Gasteiger partial charge on any atom is 0.0607 e. The summed E-state index contributed by atoms with van der Waals surface area (Å²) in [4.78, 5) is 0. The third kappa shape index (κ3) is 1.27. The van der Waals surface area contributed by atoms with Crippen molar-refractivity contribution in [3.63, 3.8) is 0 Å². The van der Waals surface area contributed by atoms with Crippen molar-refractivity contribution in [1.29, 1.82) is 0 Å². The maximum absolute atomic E-state index is 11.0. The summed E-state index contributed by atoms with van der Waals surface area (Å²) < 4.78 is 0. The number of hydrogen-bond donors (Lipinski definition) is 2. The Kier molecular flexibility index (Phi) is 2.35. The Morgan fingerprint density at radius 1 is 0.857 bits per heavy atom. The zero-order chi connectivity index (χ0) is 14.6. The van der Waals surface area contributed by atoms with Gasteiger partial charge in [0, 0.05) is 5.41 Å². The first-order chi connectivity index (χ1) is 9.93. The van der Waals surface area contributed by atoms with E-state index in [0.717, 1.165) is 24.7 Å². The molecule has 21 heavy (non-hydrogen) atoms. The van der Waals surface area contributed by atoms with E-state index in [-0.39, 0.29) is 17.6 Å². The molecule has 9 atom stereocenters. The summed E-state index contributed by atoms with van der Waals surface area (Å²) in [6.07, 6.45) is 9.59. The van der Waals surface area contributed by atoms with E-state index in [4.69, 9.17) is 0 Å². The highest BCUT2D eigenvalue weighted by atomic mass is 16.3. The molecule has 0 aromatic carbocycles. The number of aliphatic hydroxyl groups is 2. The van der Waals surface area contributed by atoms with Gasteiger partial charge in [-0.05, 0) is 85.9 Å². The predicted octanol–water partition coefficient (Wildman–Crippen LogP) is 3.36. The van der Waals surface area contributed by atoms with Crippen LogP contribution in [0, 0.1) is 39.9 Å². The molecule has 5 fully saturated rings. The van der Waals surface area contributed by atoms with Gasteiger partial charge in [0.15, 0.2) is 0 Å². The zero-order valence-electron chi connectivity index (χ0n) is 13.5. The highest BCUT2D eigenvalue weighted by Crippen LogP contribution is 2.81. The van der Waals surface area contributed by atoms with Crippen molar-refractivity contribution in [3.8, 4) is 0 Å². The van der Waals surface area contributed by atoms with Crippen molar-refractivity contribution in [3.05, 3.63) is 0 Å². The molecule has 5 rings (SSSR count). The third-order valence-electron chi connectivity index (χ3n) is 9.52. The molecule has 0 saturated heterocycles. The van der Waals surface area contributed by atoms with Crippen LogP contribution < -0.4 is 0 Å². The normalized spacial score (nSPS) is 68.0. The first kappa shape index (κ1) is 13.4. The Hall–Kier alpha value is -0.0800. The second-order valence-electron chi connectivity index (χ2n) is 9.66. The van der Waals surface area contributed by atoms with Crippen LogP contribution >= 0.6 is 0 Å². The van der Waals surface area contributed by atoms with Gasteiger partial charge < -0.3 is 10.2 Å². The highest BCUT2D eigenvalue weighted by Gasteiger charge is 2.77. The van der Waals surface area contributed by atoms with E-state index < -0.39 is 0 Å². The van der Waals surface area contributed by atoms with Crippen molar-refractivity contribution in [2.24, 2.45) is 39.9 Å². The summed E-state index contributed by atoms with van der Waals surface area (Å²) in [6.45, 7) is 4.85. The summed E-state index contributed by atoms with van der Waals surface area (Å²) in [6, 6.07) is 0. The van der Waals surface area contributed by atoms with E-state index in [1.54, 1.807) is 0 Å². The van der Waals surface area contributed by atoms with E-state index >= 15 is 0 Å². The lowest BCUT2D eigenvalue weighted by molar-refractivity contribution is -0.155. The van der Waals surface area contributed by atoms with Gasteiger partial charge in [-0.3, -0.25) is 0 Å². The molecule has 0 aromatic heterocycles. The smallest absolute Gasteiger partial charge is 0.0607 e. The van der Waals surface area contributed by atoms with Crippen LogP contribution in [0.3, 0.4) is 0 Å². The van der Waals surface area contributed by atoms with Crippen LogP contribution in [0.15, 0.2) is 0 Å². The summed E-state index contributed by atoms with van der Waals surface area (Å²) in [5.74, 6) is 2.98. The lowest BCUT2D eigenvalue weighted by Gasteiger charge is -2.59. The quantitative estimate of drug-likeness (QED) is 0.718. The maximum atomic E-state index is 11.0. The molecule has 1 spiro atoms. The van der Waals surface area contributed by atoms with Gasteiger partial charge in [0.2, 0.25) is 0 Å². The van der Waals surface area contributed by atoms with E-state index in [0.29, 0.717) is 22.7 Å². The zero-order valence-corrected chi connectivity index (χ0v) is 13.5. The fourth-order valence-electron chi connectivity index (χ4n) is 8.28. The molecule has 2 heteroatoms. The highest BCUT2D eigenvalue weighted by molar-refractivity contribution is 5.25. The molecular formula is C19H30O2. The van der Waals surface area contributed by atoms with Crippen molar-refractivity contribution >= 4 is 0 Å². The van der Waals surface area contributed by atoms with Crippen molar-refractivity contribution in [2.45, 2.75) is 77.4 Å². The van der Waals surface area contributed by atoms with Gasteiger partial charge in [-0.1, -0.05) is 13.8 Å². The van der Waals surface area contributed by atoms with Crippen LogP contribution in [0.1, 0.15) is 65.2 Å². The minimum Gasteiger partial charge on any atom is -0.393 e. The van der Waals surface area contributed by atoms with Crippen molar-refractivity contribution in [2.75, 3.05) is 0 Å². The first-order valence-electron chi connectivity index (χ1n) is 9.29. The lowest BCUT2D eigenvalue weighted by Crippen LogP contribution is -2.56. The van der Waals surface area contributed by atoms with Crippen LogP contribution in [0.5, 0.6) is 0 Å². The van der Waals surface area contributed by atoms with Gasteiger partial charge in [0.05, 0.1) is 12.2 Å². The number of hydrogen-bond acceptors (Lipinski definition) is 2.